The number of hydrogen-bond donors (Lipinski definition) is 0. The fourth-order valence-electron chi connectivity index (χ4n) is 4.49. The lowest BCUT2D eigenvalue weighted by Crippen LogP contribution is -2.52. The van der Waals surface area contributed by atoms with Crippen LogP contribution < -0.4 is 9.64 Å². The number of anilines is 1. The van der Waals surface area contributed by atoms with Gasteiger partial charge in [0.15, 0.2) is 0 Å². The van der Waals surface area contributed by atoms with Gasteiger partial charge in [0.25, 0.3) is 0 Å². The molecule has 0 N–H and O–H groups in total. The van der Waals surface area contributed by atoms with Crippen LogP contribution in [0.15, 0.2) is 53.7 Å². The molecule has 2 fully saturated rings. The second-order valence-electron chi connectivity index (χ2n) is 8.67. The van der Waals surface area contributed by atoms with Gasteiger partial charge >= 0.3 is 0 Å². The molecule has 1 spiro atoms. The van der Waals surface area contributed by atoms with Crippen molar-refractivity contribution >= 4 is 15.7 Å². The van der Waals surface area contributed by atoms with Gasteiger partial charge in [0.05, 0.1) is 18.5 Å². The fourth-order valence-corrected chi connectivity index (χ4v) is 6.25. The molecule has 5 rings (SSSR count). The summed E-state index contributed by atoms with van der Waals surface area (Å²) in [5.74, 6) is 0.992. The first-order chi connectivity index (χ1) is 14.1. The summed E-state index contributed by atoms with van der Waals surface area (Å²) in [6, 6.07) is 11.1. The van der Waals surface area contributed by atoms with Crippen molar-refractivity contribution in [3.63, 3.8) is 0 Å². The zero-order valence-corrected chi connectivity index (χ0v) is 17.4. The van der Waals surface area contributed by atoms with Gasteiger partial charge in [0.1, 0.15) is 10.6 Å². The van der Waals surface area contributed by atoms with Gasteiger partial charge in [0, 0.05) is 37.8 Å². The lowest BCUT2D eigenvalue weighted by atomic mass is 9.78. The number of nitrogens with zero attached hydrogens (tertiary/aromatic N) is 3. The molecule has 1 aliphatic carbocycles. The summed E-state index contributed by atoms with van der Waals surface area (Å²) in [7, 11) is -3.55. The van der Waals surface area contributed by atoms with Crippen molar-refractivity contribution in [2.75, 3.05) is 37.7 Å². The molecule has 154 valence electrons. The molecule has 2 aromatic rings. The molecule has 1 saturated heterocycles. The maximum atomic E-state index is 13.5. The Morgan fingerprint density at radius 2 is 1.90 bits per heavy atom. The van der Waals surface area contributed by atoms with Gasteiger partial charge in [-0.2, -0.15) is 4.31 Å². The van der Waals surface area contributed by atoms with Crippen LogP contribution in [-0.4, -0.2) is 50.5 Å². The maximum absolute atomic E-state index is 13.5. The zero-order valence-electron chi connectivity index (χ0n) is 16.5. The van der Waals surface area contributed by atoms with E-state index in [1.807, 2.05) is 18.3 Å². The van der Waals surface area contributed by atoms with Crippen LogP contribution >= 0.6 is 0 Å². The van der Waals surface area contributed by atoms with Gasteiger partial charge < -0.3 is 9.64 Å². The van der Waals surface area contributed by atoms with E-state index in [-0.39, 0.29) is 5.41 Å². The van der Waals surface area contributed by atoms with Crippen molar-refractivity contribution in [2.24, 2.45) is 11.3 Å². The van der Waals surface area contributed by atoms with E-state index in [1.54, 1.807) is 28.7 Å². The van der Waals surface area contributed by atoms with Crippen LogP contribution in [0.5, 0.6) is 5.75 Å². The van der Waals surface area contributed by atoms with Gasteiger partial charge in [-0.1, -0.05) is 12.1 Å². The Balaban J connectivity index is 1.43. The van der Waals surface area contributed by atoms with E-state index in [4.69, 9.17) is 4.74 Å². The summed E-state index contributed by atoms with van der Waals surface area (Å²) in [5.41, 5.74) is 0.968. The number of benzene rings is 1. The first-order valence-corrected chi connectivity index (χ1v) is 11.9. The summed E-state index contributed by atoms with van der Waals surface area (Å²) >= 11 is 0. The number of sulfonamides is 1. The maximum Gasteiger partial charge on any atom is 0.246 e. The number of para-hydroxylation sites is 1. The lowest BCUT2D eigenvalue weighted by Gasteiger charge is -2.45. The Labute approximate surface area is 172 Å². The second-order valence-corrected chi connectivity index (χ2v) is 10.6. The SMILES string of the molecule is O=S1(=O)c2ccccc2OCC2(CCN(c3cccnc3)CC2)CN1CC1CC1. The Morgan fingerprint density at radius 3 is 2.62 bits per heavy atom. The molecule has 3 aliphatic rings. The molecule has 29 heavy (non-hydrogen) atoms. The minimum atomic E-state index is -3.55. The zero-order chi connectivity index (χ0) is 19.9. The van der Waals surface area contributed by atoms with Gasteiger partial charge in [-0.3, -0.25) is 4.98 Å². The van der Waals surface area contributed by atoms with Crippen molar-refractivity contribution in [3.05, 3.63) is 48.8 Å². The minimum Gasteiger partial charge on any atom is -0.492 e. The molecule has 3 heterocycles. The Morgan fingerprint density at radius 1 is 1.10 bits per heavy atom. The van der Waals surface area contributed by atoms with Crippen LogP contribution in [0, 0.1) is 11.3 Å². The van der Waals surface area contributed by atoms with Crippen molar-refractivity contribution in [3.8, 4) is 5.75 Å². The van der Waals surface area contributed by atoms with Crippen LogP contribution in [0.4, 0.5) is 5.69 Å². The Bertz CT molecular complexity index is 968. The second kappa shape index (κ2) is 7.29. The highest BCUT2D eigenvalue weighted by atomic mass is 32.2. The topological polar surface area (TPSA) is 62.7 Å². The number of hydrogen-bond acceptors (Lipinski definition) is 5. The summed E-state index contributed by atoms with van der Waals surface area (Å²) in [6.45, 7) is 3.50. The third kappa shape index (κ3) is 3.73. The van der Waals surface area contributed by atoms with Crippen LogP contribution in [0.3, 0.4) is 0 Å². The molecule has 0 amide bonds. The first-order valence-electron chi connectivity index (χ1n) is 10.4. The molecule has 0 atom stereocenters. The van der Waals surface area contributed by atoms with E-state index in [0.29, 0.717) is 36.3 Å². The monoisotopic (exact) mass is 413 g/mol. The van der Waals surface area contributed by atoms with Gasteiger partial charge in [-0.15, -0.1) is 0 Å². The van der Waals surface area contributed by atoms with Gasteiger partial charge in [-0.25, -0.2) is 8.42 Å². The van der Waals surface area contributed by atoms with Crippen molar-refractivity contribution in [2.45, 2.75) is 30.6 Å². The van der Waals surface area contributed by atoms with Crippen LogP contribution in [0.1, 0.15) is 25.7 Å². The highest BCUT2D eigenvalue weighted by Crippen LogP contribution is 2.41. The molecular weight excluding hydrogens is 386 g/mol. The highest BCUT2D eigenvalue weighted by Gasteiger charge is 2.44. The molecule has 1 saturated carbocycles. The fraction of sp³-hybridized carbons (Fsp3) is 0.500. The number of rotatable bonds is 3. The number of ether oxygens (including phenoxy) is 1. The van der Waals surface area contributed by atoms with Crippen LogP contribution in [-0.2, 0) is 10.0 Å². The molecule has 0 unspecified atom stereocenters. The summed E-state index contributed by atoms with van der Waals surface area (Å²) in [5, 5.41) is 0. The minimum absolute atomic E-state index is 0.159. The number of pyridine rings is 1. The first kappa shape index (κ1) is 18.9. The molecule has 7 heteroatoms. The average molecular weight is 414 g/mol. The van der Waals surface area contributed by atoms with E-state index >= 15 is 0 Å². The Hall–Kier alpha value is -2.12. The largest absolute Gasteiger partial charge is 0.492 e. The smallest absolute Gasteiger partial charge is 0.246 e. The molecule has 2 aliphatic heterocycles. The molecule has 0 bridgehead atoms. The third-order valence-electron chi connectivity index (χ3n) is 6.51. The summed E-state index contributed by atoms with van der Waals surface area (Å²) in [6.07, 6.45) is 7.75. The molecule has 1 aromatic carbocycles. The van der Waals surface area contributed by atoms with Crippen molar-refractivity contribution in [1.82, 2.24) is 9.29 Å². The Kier molecular flexibility index (Phi) is 4.75. The molecule has 0 radical (unpaired) electrons. The molecular formula is C22H27N3O3S. The average Bonchev–Trinajstić information content (AvgIpc) is 3.57. The van der Waals surface area contributed by atoms with Crippen molar-refractivity contribution in [1.29, 1.82) is 0 Å². The van der Waals surface area contributed by atoms with Gasteiger partial charge in [-0.05, 0) is 55.9 Å². The predicted molar refractivity (Wildman–Crippen MR) is 112 cm³/mol. The number of piperidine rings is 1. The normalized spacial score (nSPS) is 23.7. The molecule has 1 aromatic heterocycles. The highest BCUT2D eigenvalue weighted by molar-refractivity contribution is 7.89. The lowest BCUT2D eigenvalue weighted by molar-refractivity contribution is 0.0809. The summed E-state index contributed by atoms with van der Waals surface area (Å²) in [4.78, 5) is 6.88. The van der Waals surface area contributed by atoms with Crippen molar-refractivity contribution < 1.29 is 13.2 Å². The number of aromatic nitrogens is 1. The van der Waals surface area contributed by atoms with Crippen LogP contribution in [0.2, 0.25) is 0 Å². The number of fused-ring (bicyclic) bond motifs is 1. The summed E-state index contributed by atoms with van der Waals surface area (Å²) < 4.78 is 34.8. The molecule has 6 nitrogen and oxygen atoms in total. The third-order valence-corrected chi connectivity index (χ3v) is 8.36. The van der Waals surface area contributed by atoms with E-state index in [1.165, 1.54) is 0 Å². The van der Waals surface area contributed by atoms with Gasteiger partial charge in [0.2, 0.25) is 10.0 Å². The predicted octanol–water partition coefficient (Wildman–Crippen LogP) is 3.16. The van der Waals surface area contributed by atoms with E-state index in [0.717, 1.165) is 44.5 Å². The van der Waals surface area contributed by atoms with Crippen LogP contribution in [0.25, 0.3) is 0 Å². The van der Waals surface area contributed by atoms with E-state index < -0.39 is 10.0 Å². The van der Waals surface area contributed by atoms with E-state index in [2.05, 4.69) is 16.0 Å². The van der Waals surface area contributed by atoms with E-state index in [9.17, 15) is 8.42 Å². The quantitative estimate of drug-likeness (QED) is 0.774. The standard InChI is InChI=1S/C22H27N3O3S/c26-29(27)21-6-2-1-5-20(21)28-17-22(16-25(29)15-18-7-8-18)9-12-24(13-10-22)19-4-3-11-23-14-19/h1-6,11,14,18H,7-10,12-13,15-17H2.